The molecule has 3 heterocycles. The molecule has 0 N–H and O–H groups in total. The first-order valence-electron chi connectivity index (χ1n) is 14.5. The molecule has 2 aromatic carbocycles. The van der Waals surface area contributed by atoms with Gasteiger partial charge in [-0.25, -0.2) is 4.39 Å². The number of ether oxygens (including phenoxy) is 1. The fourth-order valence-electron chi connectivity index (χ4n) is 9.74. The number of likely N-dealkylation sites (tertiary alicyclic amines) is 1. The fourth-order valence-corrected chi connectivity index (χ4v) is 9.74. The van der Waals surface area contributed by atoms with Gasteiger partial charge in [0, 0.05) is 19.1 Å². The molecule has 36 heavy (non-hydrogen) atoms. The Morgan fingerprint density at radius 2 is 1.89 bits per heavy atom. The molecule has 8 rings (SSSR count). The van der Waals surface area contributed by atoms with Gasteiger partial charge in [-0.1, -0.05) is 61.5 Å². The number of hydrogen-bond acceptors (Lipinski definition) is 2. The van der Waals surface area contributed by atoms with E-state index in [1.165, 1.54) is 34.8 Å². The van der Waals surface area contributed by atoms with Crippen molar-refractivity contribution in [1.29, 1.82) is 0 Å². The van der Waals surface area contributed by atoms with Crippen LogP contribution in [-0.2, 0) is 4.74 Å². The Kier molecular flexibility index (Phi) is 4.62. The summed E-state index contributed by atoms with van der Waals surface area (Å²) in [6, 6.07) is 16.4. The molecule has 3 heteroatoms. The molecule has 6 aliphatic rings. The van der Waals surface area contributed by atoms with E-state index in [1.807, 2.05) is 0 Å². The van der Waals surface area contributed by atoms with Crippen molar-refractivity contribution in [1.82, 2.24) is 4.90 Å². The summed E-state index contributed by atoms with van der Waals surface area (Å²) in [6.45, 7) is 4.12. The van der Waals surface area contributed by atoms with Crippen LogP contribution in [0.5, 0.6) is 0 Å². The van der Waals surface area contributed by atoms with Crippen LogP contribution in [0.1, 0.15) is 76.2 Å². The van der Waals surface area contributed by atoms with Gasteiger partial charge in [-0.3, -0.25) is 4.90 Å². The Labute approximate surface area is 214 Å². The Bertz CT molecular complexity index is 1300. The maximum absolute atomic E-state index is 14.0. The summed E-state index contributed by atoms with van der Waals surface area (Å²) in [6.07, 6.45) is 14.5. The van der Waals surface area contributed by atoms with Crippen molar-refractivity contribution in [2.75, 3.05) is 13.1 Å². The number of rotatable bonds is 2. The minimum Gasteiger partial charge on any atom is -0.359 e. The lowest BCUT2D eigenvalue weighted by molar-refractivity contribution is -0.140. The quantitative estimate of drug-likeness (QED) is 0.439. The van der Waals surface area contributed by atoms with Gasteiger partial charge >= 0.3 is 0 Å². The maximum Gasteiger partial charge on any atom is 0.114 e. The standard InChI is InChI=1S/C33H38FNO/c1-31-14-12-26-19-25-8-9-28(35-17-13-27(34)21-35)20-32(25)15-16-33(26,36-32)30(31)11-10-29(31)24-7-6-22-4-2-3-5-23(22)18-24/h2-7,12,18-19,27-30H,8-11,13-17,20-21H2,1H3/t27-,28-,29+,30+,31+,32+,33+/m0/s1. The molecule has 2 saturated carbocycles. The van der Waals surface area contributed by atoms with Gasteiger partial charge in [-0.05, 0) is 103 Å². The van der Waals surface area contributed by atoms with Crippen molar-refractivity contribution in [3.05, 3.63) is 71.3 Å². The van der Waals surface area contributed by atoms with Gasteiger partial charge in [0.25, 0.3) is 0 Å². The van der Waals surface area contributed by atoms with Gasteiger partial charge in [0.15, 0.2) is 0 Å². The highest BCUT2D eigenvalue weighted by atomic mass is 19.1. The summed E-state index contributed by atoms with van der Waals surface area (Å²) in [5, 5.41) is 2.69. The van der Waals surface area contributed by atoms with Gasteiger partial charge in [0.1, 0.15) is 6.17 Å². The van der Waals surface area contributed by atoms with Gasteiger partial charge in [0.05, 0.1) is 11.2 Å². The van der Waals surface area contributed by atoms with E-state index in [0.717, 1.165) is 45.1 Å². The molecule has 0 amide bonds. The molecule has 3 aliphatic heterocycles. The Balaban J connectivity index is 1.14. The molecule has 4 fully saturated rings. The number of nitrogens with zero attached hydrogens (tertiary/aromatic N) is 1. The van der Waals surface area contributed by atoms with Crippen LogP contribution in [0.3, 0.4) is 0 Å². The van der Waals surface area contributed by atoms with Gasteiger partial charge < -0.3 is 4.74 Å². The van der Waals surface area contributed by atoms with E-state index >= 15 is 0 Å². The minimum atomic E-state index is -0.638. The van der Waals surface area contributed by atoms with E-state index in [1.54, 1.807) is 5.57 Å². The summed E-state index contributed by atoms with van der Waals surface area (Å²) in [5.74, 6) is 1.15. The van der Waals surface area contributed by atoms with Crippen LogP contribution in [-0.4, -0.2) is 41.4 Å². The highest BCUT2D eigenvalue weighted by molar-refractivity contribution is 5.83. The van der Waals surface area contributed by atoms with Crippen molar-refractivity contribution in [3.63, 3.8) is 0 Å². The monoisotopic (exact) mass is 483 g/mol. The number of allylic oxidation sites excluding steroid dienone is 1. The summed E-state index contributed by atoms with van der Waals surface area (Å²) in [7, 11) is 0. The Hall–Kier alpha value is -1.97. The zero-order chi connectivity index (χ0) is 24.1. The number of halogens is 1. The van der Waals surface area contributed by atoms with Crippen LogP contribution in [0.25, 0.3) is 10.8 Å². The first-order valence-corrected chi connectivity index (χ1v) is 14.5. The third-order valence-corrected chi connectivity index (χ3v) is 11.5. The molecular formula is C33H38FNO. The average molecular weight is 484 g/mol. The predicted molar refractivity (Wildman–Crippen MR) is 143 cm³/mol. The van der Waals surface area contributed by atoms with Gasteiger partial charge in [-0.15, -0.1) is 0 Å². The molecule has 0 radical (unpaired) electrons. The second kappa shape index (κ2) is 7.54. The van der Waals surface area contributed by atoms with Crippen LogP contribution in [0.4, 0.5) is 4.39 Å². The smallest absolute Gasteiger partial charge is 0.114 e. The molecule has 2 spiro atoms. The second-order valence-electron chi connectivity index (χ2n) is 13.1. The number of hydrogen-bond donors (Lipinski definition) is 0. The topological polar surface area (TPSA) is 12.5 Å². The average Bonchev–Trinajstić information content (AvgIpc) is 3.57. The van der Waals surface area contributed by atoms with Crippen LogP contribution in [0.2, 0.25) is 0 Å². The Morgan fingerprint density at radius 3 is 2.75 bits per heavy atom. The molecule has 188 valence electrons. The van der Waals surface area contributed by atoms with Crippen molar-refractivity contribution < 1.29 is 9.13 Å². The van der Waals surface area contributed by atoms with E-state index in [0.29, 0.717) is 30.8 Å². The van der Waals surface area contributed by atoms with Crippen LogP contribution < -0.4 is 0 Å². The summed E-state index contributed by atoms with van der Waals surface area (Å²) in [5.41, 5.74) is 4.57. The molecular weight excluding hydrogens is 445 g/mol. The van der Waals surface area contributed by atoms with Crippen molar-refractivity contribution in [2.24, 2.45) is 11.3 Å². The first-order chi connectivity index (χ1) is 17.5. The van der Waals surface area contributed by atoms with E-state index in [2.05, 4.69) is 66.4 Å². The lowest BCUT2D eigenvalue weighted by Crippen LogP contribution is -2.55. The maximum atomic E-state index is 14.0. The molecule has 0 unspecified atom stereocenters. The number of benzene rings is 2. The summed E-state index contributed by atoms with van der Waals surface area (Å²) in [4.78, 5) is 2.44. The van der Waals surface area contributed by atoms with E-state index < -0.39 is 6.17 Å². The zero-order valence-corrected chi connectivity index (χ0v) is 21.5. The predicted octanol–water partition coefficient (Wildman–Crippen LogP) is 7.49. The molecule has 2 nitrogen and oxygen atoms in total. The lowest BCUT2D eigenvalue weighted by Gasteiger charge is -2.55. The molecule has 3 aliphatic carbocycles. The van der Waals surface area contributed by atoms with Gasteiger partial charge in [0.2, 0.25) is 0 Å². The van der Waals surface area contributed by atoms with Crippen LogP contribution in [0.15, 0.2) is 65.8 Å². The number of fused-ring (bicyclic) bond motifs is 2. The van der Waals surface area contributed by atoms with Crippen LogP contribution in [0, 0.1) is 11.3 Å². The zero-order valence-electron chi connectivity index (χ0n) is 21.5. The highest BCUT2D eigenvalue weighted by Crippen LogP contribution is 2.69. The molecule has 7 atom stereocenters. The van der Waals surface area contributed by atoms with Crippen LogP contribution >= 0.6 is 0 Å². The highest BCUT2D eigenvalue weighted by Gasteiger charge is 2.66. The van der Waals surface area contributed by atoms with E-state index in [4.69, 9.17) is 4.74 Å². The fraction of sp³-hybridized carbons (Fsp3) is 0.576. The third-order valence-electron chi connectivity index (χ3n) is 11.5. The number of alkyl halides is 1. The van der Waals surface area contributed by atoms with E-state index in [9.17, 15) is 4.39 Å². The largest absolute Gasteiger partial charge is 0.359 e. The van der Waals surface area contributed by atoms with Gasteiger partial charge in [-0.2, -0.15) is 0 Å². The molecule has 2 bridgehead atoms. The molecule has 2 saturated heterocycles. The summed E-state index contributed by atoms with van der Waals surface area (Å²) >= 11 is 0. The van der Waals surface area contributed by atoms with Crippen molar-refractivity contribution in [3.8, 4) is 0 Å². The minimum absolute atomic E-state index is 0.103. The summed E-state index contributed by atoms with van der Waals surface area (Å²) < 4.78 is 21.5. The van der Waals surface area contributed by atoms with Crippen molar-refractivity contribution >= 4 is 10.8 Å². The molecule has 2 aromatic rings. The second-order valence-corrected chi connectivity index (χ2v) is 13.1. The normalized spacial score (nSPS) is 43.6. The first kappa shape index (κ1) is 22.1. The Morgan fingerprint density at radius 1 is 1.00 bits per heavy atom. The van der Waals surface area contributed by atoms with E-state index in [-0.39, 0.29) is 16.6 Å². The third kappa shape index (κ3) is 2.91. The van der Waals surface area contributed by atoms with Crippen molar-refractivity contribution in [2.45, 2.75) is 94.0 Å². The lowest BCUT2D eigenvalue weighted by atomic mass is 9.58. The SMILES string of the molecule is C[C@]12CC=C3C=C4CC[C@H](N5CC[C@H](F)C5)C[C@]45CC[C@]3(O5)[C@@H]1CC[C@@H]2c1ccc2ccccc2c1. The molecule has 0 aromatic heterocycles.